The molecule has 0 aromatic carbocycles. The highest BCUT2D eigenvalue weighted by Gasteiger charge is 2.49. The van der Waals surface area contributed by atoms with Gasteiger partial charge < -0.3 is 16.0 Å². The number of fused-ring (bicyclic) bond motifs is 1. The van der Waals surface area contributed by atoms with Gasteiger partial charge in [-0.25, -0.2) is 0 Å². The summed E-state index contributed by atoms with van der Waals surface area (Å²) in [5.41, 5.74) is -0.210. The Morgan fingerprint density at radius 2 is 2.10 bits per heavy atom. The first-order valence-corrected chi connectivity index (χ1v) is 7.95. The van der Waals surface area contributed by atoms with Crippen molar-refractivity contribution in [1.29, 1.82) is 0 Å². The maximum atomic E-state index is 12.5. The first-order chi connectivity index (χ1) is 9.69. The summed E-state index contributed by atoms with van der Waals surface area (Å²) in [5, 5.41) is 9.18. The quantitative estimate of drug-likeness (QED) is 0.674. The van der Waals surface area contributed by atoms with Crippen molar-refractivity contribution in [2.75, 3.05) is 26.2 Å². The Kier molecular flexibility index (Phi) is 5.40. The van der Waals surface area contributed by atoms with Crippen molar-refractivity contribution >= 4 is 11.8 Å². The molecule has 1 aliphatic carbocycles. The van der Waals surface area contributed by atoms with Gasteiger partial charge in [-0.15, -0.1) is 0 Å². The summed E-state index contributed by atoms with van der Waals surface area (Å²) in [5.74, 6) is 0.648. The summed E-state index contributed by atoms with van der Waals surface area (Å²) in [6, 6.07) is 0. The number of nitrogens with one attached hydrogen (secondary N) is 3. The monoisotopic (exact) mass is 281 g/mol. The zero-order chi connectivity index (χ0) is 14.4. The third-order valence-electron chi connectivity index (χ3n) is 4.70. The molecular weight excluding hydrogens is 254 g/mol. The van der Waals surface area contributed by atoms with Crippen LogP contribution in [0.3, 0.4) is 0 Å². The summed E-state index contributed by atoms with van der Waals surface area (Å²) in [4.78, 5) is 24.0. The minimum Gasteiger partial charge on any atom is -0.356 e. The third-order valence-corrected chi connectivity index (χ3v) is 4.70. The minimum absolute atomic E-state index is 0.0226. The van der Waals surface area contributed by atoms with E-state index in [1.165, 1.54) is 6.42 Å². The van der Waals surface area contributed by atoms with E-state index in [0.29, 0.717) is 25.4 Å². The summed E-state index contributed by atoms with van der Waals surface area (Å²) < 4.78 is 0. The fourth-order valence-electron chi connectivity index (χ4n) is 3.51. The number of amides is 2. The predicted octanol–water partition coefficient (Wildman–Crippen LogP) is 0.799. The maximum absolute atomic E-state index is 12.5. The summed E-state index contributed by atoms with van der Waals surface area (Å²) in [7, 11) is 0. The first kappa shape index (κ1) is 15.3. The lowest BCUT2D eigenvalue weighted by molar-refractivity contribution is -0.134. The van der Waals surface area contributed by atoms with Crippen LogP contribution < -0.4 is 16.0 Å². The molecule has 0 aromatic heterocycles. The van der Waals surface area contributed by atoms with E-state index < -0.39 is 0 Å². The standard InChI is InChI=1S/C15H27N3O2/c1-2-8-17-13(19)6-9-18-14(20)15-7-4-3-5-12(15)10-16-11-15/h12,16H,2-11H2,1H3,(H,17,19)(H,18,20)/t12-,15+/m0/s1. The van der Waals surface area contributed by atoms with E-state index in [2.05, 4.69) is 16.0 Å². The molecule has 0 radical (unpaired) electrons. The van der Waals surface area contributed by atoms with Crippen molar-refractivity contribution < 1.29 is 9.59 Å². The molecule has 1 aliphatic heterocycles. The van der Waals surface area contributed by atoms with Crippen LogP contribution in [0.4, 0.5) is 0 Å². The molecule has 5 heteroatoms. The van der Waals surface area contributed by atoms with E-state index in [4.69, 9.17) is 0 Å². The zero-order valence-corrected chi connectivity index (χ0v) is 12.5. The highest BCUT2D eigenvalue weighted by Crippen LogP contribution is 2.43. The Morgan fingerprint density at radius 1 is 1.25 bits per heavy atom. The molecule has 5 nitrogen and oxygen atoms in total. The first-order valence-electron chi connectivity index (χ1n) is 7.95. The van der Waals surface area contributed by atoms with Crippen LogP contribution in [0.2, 0.25) is 0 Å². The molecule has 2 fully saturated rings. The van der Waals surface area contributed by atoms with Crippen LogP contribution in [0.5, 0.6) is 0 Å². The average molecular weight is 281 g/mol. The van der Waals surface area contributed by atoms with E-state index in [9.17, 15) is 9.59 Å². The van der Waals surface area contributed by atoms with Gasteiger partial charge in [-0.3, -0.25) is 9.59 Å². The summed E-state index contributed by atoms with van der Waals surface area (Å²) >= 11 is 0. The van der Waals surface area contributed by atoms with Crippen LogP contribution in [0, 0.1) is 11.3 Å². The van der Waals surface area contributed by atoms with Gasteiger partial charge in [-0.05, 0) is 31.7 Å². The SMILES string of the molecule is CCCNC(=O)CCNC(=O)[C@@]12CCCC[C@H]1CNC2. The highest BCUT2D eigenvalue weighted by atomic mass is 16.2. The Morgan fingerprint density at radius 3 is 2.90 bits per heavy atom. The second-order valence-electron chi connectivity index (χ2n) is 6.09. The van der Waals surface area contributed by atoms with E-state index in [1.807, 2.05) is 6.92 Å². The molecule has 2 aliphatic rings. The molecule has 3 N–H and O–H groups in total. The van der Waals surface area contributed by atoms with E-state index >= 15 is 0 Å². The van der Waals surface area contributed by atoms with Crippen LogP contribution in [-0.2, 0) is 9.59 Å². The Labute approximate surface area is 121 Å². The van der Waals surface area contributed by atoms with Crippen LogP contribution in [0.15, 0.2) is 0 Å². The van der Waals surface area contributed by atoms with Crippen molar-refractivity contribution in [2.24, 2.45) is 11.3 Å². The van der Waals surface area contributed by atoms with Gasteiger partial charge in [0.15, 0.2) is 0 Å². The van der Waals surface area contributed by atoms with Gasteiger partial charge in [-0.1, -0.05) is 19.8 Å². The maximum Gasteiger partial charge on any atom is 0.227 e. The highest BCUT2D eigenvalue weighted by molar-refractivity contribution is 5.84. The molecule has 2 rings (SSSR count). The van der Waals surface area contributed by atoms with Gasteiger partial charge in [0, 0.05) is 26.1 Å². The molecule has 114 valence electrons. The second-order valence-corrected chi connectivity index (χ2v) is 6.09. The Bertz CT molecular complexity index is 359. The van der Waals surface area contributed by atoms with Crippen molar-refractivity contribution in [1.82, 2.24) is 16.0 Å². The Hall–Kier alpha value is -1.10. The fourth-order valence-corrected chi connectivity index (χ4v) is 3.51. The lowest BCUT2D eigenvalue weighted by atomic mass is 9.67. The van der Waals surface area contributed by atoms with Crippen molar-refractivity contribution in [2.45, 2.75) is 45.4 Å². The van der Waals surface area contributed by atoms with Crippen LogP contribution >= 0.6 is 0 Å². The van der Waals surface area contributed by atoms with Gasteiger partial charge in [0.05, 0.1) is 5.41 Å². The molecule has 0 aromatic rings. The molecule has 1 saturated heterocycles. The Balaban J connectivity index is 1.78. The van der Waals surface area contributed by atoms with Crippen LogP contribution in [0.25, 0.3) is 0 Å². The molecule has 1 saturated carbocycles. The van der Waals surface area contributed by atoms with Crippen molar-refractivity contribution in [3.63, 3.8) is 0 Å². The number of hydrogen-bond acceptors (Lipinski definition) is 3. The minimum atomic E-state index is -0.210. The van der Waals surface area contributed by atoms with Crippen molar-refractivity contribution in [3.8, 4) is 0 Å². The number of carbonyl (C=O) groups excluding carboxylic acids is 2. The molecule has 0 spiro atoms. The normalized spacial score (nSPS) is 28.8. The molecule has 0 unspecified atom stereocenters. The number of hydrogen-bond donors (Lipinski definition) is 3. The molecule has 1 heterocycles. The van der Waals surface area contributed by atoms with Gasteiger partial charge in [-0.2, -0.15) is 0 Å². The number of carbonyl (C=O) groups is 2. The van der Waals surface area contributed by atoms with Crippen LogP contribution in [0.1, 0.15) is 45.4 Å². The predicted molar refractivity (Wildman–Crippen MR) is 78.2 cm³/mol. The second kappa shape index (κ2) is 7.07. The largest absolute Gasteiger partial charge is 0.356 e. The fraction of sp³-hybridized carbons (Fsp3) is 0.867. The third kappa shape index (κ3) is 3.32. The molecule has 20 heavy (non-hydrogen) atoms. The van der Waals surface area contributed by atoms with E-state index in [-0.39, 0.29) is 17.2 Å². The molecule has 2 amide bonds. The molecule has 2 atom stereocenters. The van der Waals surface area contributed by atoms with Crippen LogP contribution in [-0.4, -0.2) is 38.0 Å². The van der Waals surface area contributed by atoms with Gasteiger partial charge in [0.2, 0.25) is 11.8 Å². The lowest BCUT2D eigenvalue weighted by Crippen LogP contribution is -2.48. The van der Waals surface area contributed by atoms with Gasteiger partial charge in [0.25, 0.3) is 0 Å². The molecular formula is C15H27N3O2. The smallest absolute Gasteiger partial charge is 0.227 e. The summed E-state index contributed by atoms with van der Waals surface area (Å²) in [6.45, 7) is 4.94. The summed E-state index contributed by atoms with van der Waals surface area (Å²) in [6.07, 6.45) is 5.83. The number of rotatable bonds is 6. The zero-order valence-electron chi connectivity index (χ0n) is 12.5. The molecule has 0 bridgehead atoms. The van der Waals surface area contributed by atoms with Gasteiger partial charge >= 0.3 is 0 Å². The lowest BCUT2D eigenvalue weighted by Gasteiger charge is -2.37. The topological polar surface area (TPSA) is 70.2 Å². The van der Waals surface area contributed by atoms with E-state index in [1.54, 1.807) is 0 Å². The average Bonchev–Trinajstić information content (AvgIpc) is 2.90. The van der Waals surface area contributed by atoms with Gasteiger partial charge in [0.1, 0.15) is 0 Å². The van der Waals surface area contributed by atoms with Crippen molar-refractivity contribution in [3.05, 3.63) is 0 Å². The van der Waals surface area contributed by atoms with E-state index in [0.717, 1.165) is 38.8 Å².